The smallest absolute Gasteiger partial charge is 0.264 e. The Labute approximate surface area is 67.2 Å². The number of nitrogens with zero attached hydrogens (tertiary/aromatic N) is 2. The number of aromatic nitrogens is 2. The van der Waals surface area contributed by atoms with Gasteiger partial charge in [0.2, 0.25) is 0 Å². The average Bonchev–Trinajstić information content (AvgIpc) is 2.52. The Kier molecular flexibility index (Phi) is 2.94. The first-order valence-electron chi connectivity index (χ1n) is 3.01. The normalized spacial score (nSPS) is 9.55. The van der Waals surface area contributed by atoms with Crippen molar-refractivity contribution in [2.24, 2.45) is 0 Å². The molecule has 0 aliphatic rings. The molecule has 0 aromatic carbocycles. The monoisotopic (exact) mass is 173 g/mol. The molecular formula is C5H7N3O2S. The second-order valence-corrected chi connectivity index (χ2v) is 2.55. The lowest BCUT2D eigenvalue weighted by molar-refractivity contribution is 0.0948. The third-order valence-corrected chi connectivity index (χ3v) is 1.65. The Hall–Kier alpha value is -1.01. The number of amides is 1. The van der Waals surface area contributed by atoms with Gasteiger partial charge in [0.05, 0.1) is 12.8 Å². The van der Waals surface area contributed by atoms with Gasteiger partial charge >= 0.3 is 0 Å². The van der Waals surface area contributed by atoms with Gasteiger partial charge in [-0.2, -0.15) is 0 Å². The summed E-state index contributed by atoms with van der Waals surface area (Å²) in [6.07, 6.45) is 1.39. The molecule has 60 valence electrons. The molecule has 1 heterocycles. The minimum atomic E-state index is -0.242. The third kappa shape index (κ3) is 2.24. The van der Waals surface area contributed by atoms with E-state index in [0.29, 0.717) is 4.88 Å². The topological polar surface area (TPSA) is 75.1 Å². The molecule has 6 heteroatoms. The molecule has 1 rings (SSSR count). The molecule has 1 amide bonds. The van der Waals surface area contributed by atoms with Gasteiger partial charge < -0.3 is 10.4 Å². The van der Waals surface area contributed by atoms with Crippen LogP contribution in [0.1, 0.15) is 9.67 Å². The Morgan fingerprint density at radius 3 is 3.18 bits per heavy atom. The van der Waals surface area contributed by atoms with Crippen molar-refractivity contribution in [2.75, 3.05) is 13.2 Å². The zero-order valence-corrected chi connectivity index (χ0v) is 6.47. The lowest BCUT2D eigenvalue weighted by Crippen LogP contribution is -2.25. The van der Waals surface area contributed by atoms with E-state index in [1.807, 2.05) is 0 Å². The van der Waals surface area contributed by atoms with Crippen molar-refractivity contribution in [1.29, 1.82) is 0 Å². The van der Waals surface area contributed by atoms with Gasteiger partial charge in [-0.3, -0.25) is 4.79 Å². The summed E-state index contributed by atoms with van der Waals surface area (Å²) >= 11 is 1.03. The van der Waals surface area contributed by atoms with Crippen molar-refractivity contribution in [2.45, 2.75) is 0 Å². The highest BCUT2D eigenvalue weighted by Crippen LogP contribution is 1.99. The molecule has 0 bridgehead atoms. The predicted octanol–water partition coefficient (Wildman–Crippen LogP) is -0.740. The lowest BCUT2D eigenvalue weighted by Gasteiger charge is -1.97. The van der Waals surface area contributed by atoms with Crippen LogP contribution in [-0.4, -0.2) is 33.8 Å². The molecular weight excluding hydrogens is 166 g/mol. The molecule has 0 aliphatic carbocycles. The van der Waals surface area contributed by atoms with E-state index in [4.69, 9.17) is 5.11 Å². The van der Waals surface area contributed by atoms with E-state index in [9.17, 15) is 4.79 Å². The van der Waals surface area contributed by atoms with Gasteiger partial charge in [0.25, 0.3) is 5.91 Å². The van der Waals surface area contributed by atoms with Crippen LogP contribution in [0.25, 0.3) is 0 Å². The summed E-state index contributed by atoms with van der Waals surface area (Å²) in [5.74, 6) is -0.242. The van der Waals surface area contributed by atoms with E-state index in [1.54, 1.807) is 0 Å². The molecule has 0 saturated carbocycles. The molecule has 1 aromatic heterocycles. The zero-order chi connectivity index (χ0) is 8.10. The number of aliphatic hydroxyl groups is 1. The summed E-state index contributed by atoms with van der Waals surface area (Å²) < 4.78 is 3.52. The first-order valence-corrected chi connectivity index (χ1v) is 3.78. The standard InChI is InChI=1S/C5H7N3O2S/c9-2-1-6-5(10)4-3-7-8-11-4/h3,9H,1-2H2,(H,6,10). The highest BCUT2D eigenvalue weighted by atomic mass is 32.1. The summed E-state index contributed by atoms with van der Waals surface area (Å²) in [5, 5.41) is 14.3. The molecule has 0 aliphatic heterocycles. The number of hydrogen-bond acceptors (Lipinski definition) is 5. The highest BCUT2D eigenvalue weighted by molar-refractivity contribution is 7.07. The van der Waals surface area contributed by atoms with Crippen molar-refractivity contribution in [3.8, 4) is 0 Å². The van der Waals surface area contributed by atoms with E-state index in [2.05, 4.69) is 14.9 Å². The maximum atomic E-state index is 11.0. The molecule has 0 spiro atoms. The summed E-state index contributed by atoms with van der Waals surface area (Å²) in [6.45, 7) is 0.203. The second-order valence-electron chi connectivity index (χ2n) is 1.76. The van der Waals surface area contributed by atoms with Crippen molar-refractivity contribution < 1.29 is 9.90 Å². The molecule has 5 nitrogen and oxygen atoms in total. The Bertz CT molecular complexity index is 224. The predicted molar refractivity (Wildman–Crippen MR) is 39.3 cm³/mol. The molecule has 0 radical (unpaired) electrons. The SMILES string of the molecule is O=C(NCCO)c1cnns1. The molecule has 0 saturated heterocycles. The van der Waals surface area contributed by atoms with Gasteiger partial charge in [-0.1, -0.05) is 4.49 Å². The van der Waals surface area contributed by atoms with Crippen LogP contribution >= 0.6 is 11.5 Å². The summed E-state index contributed by atoms with van der Waals surface area (Å²) in [4.78, 5) is 11.4. The van der Waals surface area contributed by atoms with Crippen molar-refractivity contribution in [3.05, 3.63) is 11.1 Å². The zero-order valence-electron chi connectivity index (χ0n) is 5.65. The summed E-state index contributed by atoms with van der Waals surface area (Å²) in [6, 6.07) is 0. The lowest BCUT2D eigenvalue weighted by atomic mass is 10.5. The van der Waals surface area contributed by atoms with E-state index >= 15 is 0 Å². The second kappa shape index (κ2) is 3.99. The average molecular weight is 173 g/mol. The van der Waals surface area contributed by atoms with Crippen LogP contribution in [0.3, 0.4) is 0 Å². The molecule has 1 aromatic rings. The Balaban J connectivity index is 2.43. The maximum Gasteiger partial charge on any atom is 0.264 e. The van der Waals surface area contributed by atoms with E-state index in [-0.39, 0.29) is 19.1 Å². The van der Waals surface area contributed by atoms with Crippen LogP contribution in [0.4, 0.5) is 0 Å². The van der Waals surface area contributed by atoms with Crippen LogP contribution in [-0.2, 0) is 0 Å². The molecule has 0 atom stereocenters. The summed E-state index contributed by atoms with van der Waals surface area (Å²) in [7, 11) is 0. The number of carbonyl (C=O) groups is 1. The van der Waals surface area contributed by atoms with Crippen LogP contribution in [0.2, 0.25) is 0 Å². The van der Waals surface area contributed by atoms with Gasteiger partial charge in [0.15, 0.2) is 0 Å². The number of nitrogens with one attached hydrogen (secondary N) is 1. The molecule has 11 heavy (non-hydrogen) atoms. The minimum absolute atomic E-state index is 0.0576. The van der Waals surface area contributed by atoms with Crippen LogP contribution in [0.15, 0.2) is 6.20 Å². The first-order chi connectivity index (χ1) is 5.34. The Morgan fingerprint density at radius 1 is 1.82 bits per heavy atom. The number of aliphatic hydroxyl groups excluding tert-OH is 1. The van der Waals surface area contributed by atoms with Crippen molar-refractivity contribution in [3.63, 3.8) is 0 Å². The minimum Gasteiger partial charge on any atom is -0.395 e. The first kappa shape index (κ1) is 8.09. The molecule has 0 fully saturated rings. The van der Waals surface area contributed by atoms with Crippen LogP contribution in [0, 0.1) is 0 Å². The number of rotatable bonds is 3. The highest BCUT2D eigenvalue weighted by Gasteiger charge is 2.05. The fraction of sp³-hybridized carbons (Fsp3) is 0.400. The van der Waals surface area contributed by atoms with Gasteiger partial charge in [-0.05, 0) is 11.5 Å². The van der Waals surface area contributed by atoms with E-state index in [0.717, 1.165) is 11.5 Å². The van der Waals surface area contributed by atoms with Gasteiger partial charge in [0.1, 0.15) is 4.88 Å². The fourth-order valence-corrected chi connectivity index (χ4v) is 0.955. The van der Waals surface area contributed by atoms with Crippen LogP contribution in [0.5, 0.6) is 0 Å². The van der Waals surface area contributed by atoms with Crippen molar-refractivity contribution >= 4 is 17.4 Å². The van der Waals surface area contributed by atoms with Crippen molar-refractivity contribution in [1.82, 2.24) is 14.9 Å². The number of hydrogen-bond donors (Lipinski definition) is 2. The largest absolute Gasteiger partial charge is 0.395 e. The quantitative estimate of drug-likeness (QED) is 0.631. The molecule has 0 unspecified atom stereocenters. The maximum absolute atomic E-state index is 11.0. The molecule has 2 N–H and O–H groups in total. The van der Waals surface area contributed by atoms with Gasteiger partial charge in [0, 0.05) is 6.54 Å². The van der Waals surface area contributed by atoms with Gasteiger partial charge in [-0.15, -0.1) is 5.10 Å². The van der Waals surface area contributed by atoms with Crippen LogP contribution < -0.4 is 5.32 Å². The van der Waals surface area contributed by atoms with Gasteiger partial charge in [-0.25, -0.2) is 0 Å². The third-order valence-electron chi connectivity index (χ3n) is 0.982. The Morgan fingerprint density at radius 2 is 2.64 bits per heavy atom. The fourth-order valence-electron chi connectivity index (χ4n) is 0.524. The van der Waals surface area contributed by atoms with E-state index in [1.165, 1.54) is 6.20 Å². The summed E-state index contributed by atoms with van der Waals surface area (Å²) in [5.41, 5.74) is 0. The number of carbonyl (C=O) groups excluding carboxylic acids is 1. The van der Waals surface area contributed by atoms with E-state index < -0.39 is 0 Å².